The lowest BCUT2D eigenvalue weighted by molar-refractivity contribution is -0.198. The van der Waals surface area contributed by atoms with Crippen molar-refractivity contribution < 1.29 is 44.5 Å². The molecule has 4 aliphatic heterocycles. The van der Waals surface area contributed by atoms with Gasteiger partial charge < -0.3 is 33.5 Å². The van der Waals surface area contributed by atoms with Crippen LogP contribution in [0.4, 0.5) is 0 Å². The Kier molecular flexibility index (Phi) is 5.08. The van der Waals surface area contributed by atoms with E-state index in [9.17, 15) is 9.59 Å². The first kappa shape index (κ1) is 21.4. The maximum absolute atomic E-state index is 11.6. The number of cyclic esters (lactones) is 2. The molecule has 0 bridgehead atoms. The molecule has 0 aromatic carbocycles. The van der Waals surface area contributed by atoms with Crippen molar-refractivity contribution in [2.24, 2.45) is 0 Å². The SMILES string of the molecule is CC1(C)O[C@@H]2[C@@H](CO)OC(=O)[C@]2(C)O1.CC[C@H]1OC(=O)[C@]2(C)OC(C)(C)O[C@H]12.[HH]. The quantitative estimate of drug-likeness (QED) is 0.681. The number of esters is 2. The van der Waals surface area contributed by atoms with Crippen molar-refractivity contribution in [1.82, 2.24) is 0 Å². The molecule has 0 aromatic heterocycles. The number of rotatable bonds is 2. The molecule has 0 aliphatic carbocycles. The lowest BCUT2D eigenvalue weighted by Gasteiger charge is -2.21. The largest absolute Gasteiger partial charge is 0.457 e. The number of aliphatic hydroxyl groups excluding tert-OH is 1. The Morgan fingerprint density at radius 1 is 0.821 bits per heavy atom. The van der Waals surface area contributed by atoms with Gasteiger partial charge in [-0.3, -0.25) is 0 Å². The van der Waals surface area contributed by atoms with Gasteiger partial charge in [0.2, 0.25) is 0 Å². The molecule has 162 valence electrons. The molecule has 1 N–H and O–H groups in total. The molecule has 4 fully saturated rings. The molecule has 0 unspecified atom stereocenters. The van der Waals surface area contributed by atoms with Gasteiger partial charge in [-0.15, -0.1) is 0 Å². The van der Waals surface area contributed by atoms with E-state index >= 15 is 0 Å². The maximum Gasteiger partial charge on any atom is 0.341 e. The van der Waals surface area contributed by atoms with Crippen LogP contribution in [0.25, 0.3) is 0 Å². The van der Waals surface area contributed by atoms with E-state index in [4.69, 9.17) is 33.5 Å². The van der Waals surface area contributed by atoms with E-state index in [1.165, 1.54) is 0 Å². The lowest BCUT2D eigenvalue weighted by Crippen LogP contribution is -2.41. The van der Waals surface area contributed by atoms with Gasteiger partial charge in [0.05, 0.1) is 6.61 Å². The first-order valence-corrected chi connectivity index (χ1v) is 9.57. The highest BCUT2D eigenvalue weighted by Crippen LogP contribution is 2.45. The molecule has 4 heterocycles. The zero-order valence-electron chi connectivity index (χ0n) is 17.4. The topological polar surface area (TPSA) is 110 Å². The molecular weight excluding hydrogens is 372 g/mol. The smallest absolute Gasteiger partial charge is 0.341 e. The van der Waals surface area contributed by atoms with Gasteiger partial charge in [-0.25, -0.2) is 9.59 Å². The second kappa shape index (κ2) is 6.63. The summed E-state index contributed by atoms with van der Waals surface area (Å²) >= 11 is 0. The molecule has 0 aromatic rings. The Bertz CT molecular complexity index is 610. The highest BCUT2D eigenvalue weighted by atomic mass is 16.8. The molecular formula is C19H32O9. The minimum Gasteiger partial charge on any atom is -0.457 e. The summed E-state index contributed by atoms with van der Waals surface area (Å²) in [7, 11) is 0. The normalized spacial score (nSPS) is 45.0. The second-order valence-electron chi connectivity index (χ2n) is 8.77. The van der Waals surface area contributed by atoms with Gasteiger partial charge in [0.1, 0.15) is 18.3 Å². The van der Waals surface area contributed by atoms with E-state index in [1.807, 2.05) is 20.8 Å². The molecule has 4 aliphatic rings. The number of fused-ring (bicyclic) bond motifs is 2. The Labute approximate surface area is 166 Å². The van der Waals surface area contributed by atoms with Crippen LogP contribution in [0.5, 0.6) is 0 Å². The number of ether oxygens (including phenoxy) is 6. The summed E-state index contributed by atoms with van der Waals surface area (Å²) in [6, 6.07) is 0. The van der Waals surface area contributed by atoms with Crippen molar-refractivity contribution in [3.8, 4) is 0 Å². The van der Waals surface area contributed by atoms with Crippen LogP contribution >= 0.6 is 0 Å². The summed E-state index contributed by atoms with van der Waals surface area (Å²) < 4.78 is 32.4. The summed E-state index contributed by atoms with van der Waals surface area (Å²) in [5.41, 5.74) is -1.99. The predicted octanol–water partition coefficient (Wildman–Crippen LogP) is 1.29. The van der Waals surface area contributed by atoms with Crippen LogP contribution in [0, 0.1) is 0 Å². The van der Waals surface area contributed by atoms with Crippen molar-refractivity contribution in [3.63, 3.8) is 0 Å². The fraction of sp³-hybridized carbons (Fsp3) is 0.895. The van der Waals surface area contributed by atoms with Crippen LogP contribution in [-0.2, 0) is 38.0 Å². The van der Waals surface area contributed by atoms with Gasteiger partial charge in [0, 0.05) is 1.43 Å². The molecule has 0 spiro atoms. The number of aliphatic hydroxyl groups is 1. The first-order valence-electron chi connectivity index (χ1n) is 9.57. The monoisotopic (exact) mass is 404 g/mol. The second-order valence-corrected chi connectivity index (χ2v) is 8.77. The number of carbonyl (C=O) groups is 2. The van der Waals surface area contributed by atoms with Gasteiger partial charge >= 0.3 is 11.9 Å². The average Bonchev–Trinajstić information content (AvgIpc) is 3.14. The number of hydrogen-bond acceptors (Lipinski definition) is 9. The van der Waals surface area contributed by atoms with Gasteiger partial charge in [-0.1, -0.05) is 6.92 Å². The van der Waals surface area contributed by atoms with E-state index in [2.05, 4.69) is 0 Å². The molecule has 4 rings (SSSR count). The molecule has 9 nitrogen and oxygen atoms in total. The highest BCUT2D eigenvalue weighted by molar-refractivity contribution is 5.83. The first-order chi connectivity index (χ1) is 12.8. The maximum atomic E-state index is 11.6. The van der Waals surface area contributed by atoms with Crippen LogP contribution in [-0.4, -0.2) is 70.8 Å². The van der Waals surface area contributed by atoms with Crippen LogP contribution < -0.4 is 0 Å². The Hall–Kier alpha value is -1.26. The zero-order valence-corrected chi connectivity index (χ0v) is 17.4. The van der Waals surface area contributed by atoms with Gasteiger partial charge in [0.25, 0.3) is 0 Å². The minimum atomic E-state index is -1.07. The fourth-order valence-corrected chi connectivity index (χ4v) is 4.26. The van der Waals surface area contributed by atoms with Crippen LogP contribution in [0.15, 0.2) is 0 Å². The standard InChI is InChI=1S/C10H16O4.C9H14O5.H2/c1-5-6-7-10(4,8(11)12-6)14-9(2,3)13-7;1-8(2)13-6-5(4-10)12-7(11)9(6,3)14-8;/h6-7H,5H2,1-4H3;5-6,10H,4H2,1-3H3;1H/t6-,7-,10-;5-,6-,9-;/m11./s1. The molecule has 0 radical (unpaired) electrons. The third-order valence-corrected chi connectivity index (χ3v) is 5.41. The molecule has 6 atom stereocenters. The molecule has 0 amide bonds. The molecule has 0 saturated carbocycles. The van der Waals surface area contributed by atoms with Gasteiger partial charge in [0.15, 0.2) is 28.9 Å². The van der Waals surface area contributed by atoms with Gasteiger partial charge in [-0.05, 0) is 48.0 Å². The summed E-state index contributed by atoms with van der Waals surface area (Å²) in [5, 5.41) is 9.00. The fourth-order valence-electron chi connectivity index (χ4n) is 4.26. The van der Waals surface area contributed by atoms with Crippen molar-refractivity contribution in [3.05, 3.63) is 0 Å². The summed E-state index contributed by atoms with van der Waals surface area (Å²) in [5.74, 6) is -2.26. The van der Waals surface area contributed by atoms with Crippen molar-refractivity contribution in [2.75, 3.05) is 6.61 Å². The van der Waals surface area contributed by atoms with E-state index in [1.54, 1.807) is 27.7 Å². The van der Waals surface area contributed by atoms with Crippen molar-refractivity contribution in [1.29, 1.82) is 0 Å². The third-order valence-electron chi connectivity index (χ3n) is 5.41. The Morgan fingerprint density at radius 2 is 1.21 bits per heavy atom. The van der Waals surface area contributed by atoms with Crippen molar-refractivity contribution in [2.45, 2.75) is 102 Å². The van der Waals surface area contributed by atoms with E-state index in [0.29, 0.717) is 0 Å². The van der Waals surface area contributed by atoms with E-state index in [-0.39, 0.29) is 26.2 Å². The Morgan fingerprint density at radius 3 is 1.61 bits per heavy atom. The summed E-state index contributed by atoms with van der Waals surface area (Å²) in [6.45, 7) is 12.2. The van der Waals surface area contributed by atoms with E-state index in [0.717, 1.165) is 6.42 Å². The van der Waals surface area contributed by atoms with Crippen molar-refractivity contribution >= 4 is 11.9 Å². The number of carbonyl (C=O) groups excluding carboxylic acids is 2. The molecule has 28 heavy (non-hydrogen) atoms. The summed E-state index contributed by atoms with van der Waals surface area (Å²) in [6.07, 6.45) is -0.820. The number of hydrogen-bond donors (Lipinski definition) is 1. The van der Waals surface area contributed by atoms with Crippen LogP contribution in [0.2, 0.25) is 0 Å². The highest BCUT2D eigenvalue weighted by Gasteiger charge is 2.65. The van der Waals surface area contributed by atoms with Gasteiger partial charge in [-0.2, -0.15) is 0 Å². The zero-order chi connectivity index (χ0) is 21.1. The lowest BCUT2D eigenvalue weighted by atomic mass is 9.97. The van der Waals surface area contributed by atoms with Crippen LogP contribution in [0.1, 0.15) is 56.3 Å². The predicted molar refractivity (Wildman–Crippen MR) is 96.1 cm³/mol. The molecule has 4 saturated heterocycles. The minimum absolute atomic E-state index is 0. The summed E-state index contributed by atoms with van der Waals surface area (Å²) in [4.78, 5) is 23.1. The average molecular weight is 404 g/mol. The Balaban J connectivity index is 0.000000200. The third kappa shape index (κ3) is 3.33. The molecule has 9 heteroatoms. The van der Waals surface area contributed by atoms with Crippen LogP contribution in [0.3, 0.4) is 0 Å². The van der Waals surface area contributed by atoms with E-state index < -0.39 is 41.0 Å².